The molecule has 0 heterocycles. The molecule has 0 radical (unpaired) electrons. The number of halogens is 1. The van der Waals surface area contributed by atoms with Crippen molar-refractivity contribution in [1.82, 2.24) is 0 Å². The number of nitro benzene ring substituents is 1. The van der Waals surface area contributed by atoms with E-state index in [9.17, 15) is 14.9 Å². The Labute approximate surface area is 108 Å². The Morgan fingerprint density at radius 3 is 2.71 bits per heavy atom. The summed E-state index contributed by atoms with van der Waals surface area (Å²) in [6.45, 7) is 3.60. The molecule has 1 atom stereocenters. The minimum Gasteiger partial charge on any atom is -0.299 e. The van der Waals surface area contributed by atoms with Gasteiger partial charge in [-0.15, -0.1) is 0 Å². The average molecular weight is 300 g/mol. The SMILES string of the molecule is CCC(=O)C(C)Cc1ccc(Br)cc1[N+](=O)[O-]. The van der Waals surface area contributed by atoms with Crippen molar-refractivity contribution >= 4 is 27.4 Å². The summed E-state index contributed by atoms with van der Waals surface area (Å²) in [5, 5.41) is 10.9. The highest BCUT2D eigenvalue weighted by Gasteiger charge is 2.19. The quantitative estimate of drug-likeness (QED) is 0.617. The highest BCUT2D eigenvalue weighted by atomic mass is 79.9. The first-order valence-corrected chi connectivity index (χ1v) is 6.20. The Kier molecular flexibility index (Phi) is 4.81. The summed E-state index contributed by atoms with van der Waals surface area (Å²) >= 11 is 3.20. The van der Waals surface area contributed by atoms with Gasteiger partial charge in [-0.3, -0.25) is 14.9 Å². The Hall–Kier alpha value is -1.23. The van der Waals surface area contributed by atoms with Gasteiger partial charge in [0.1, 0.15) is 5.78 Å². The van der Waals surface area contributed by atoms with Gasteiger partial charge in [-0.25, -0.2) is 0 Å². The molecule has 17 heavy (non-hydrogen) atoms. The molecule has 0 saturated heterocycles. The second kappa shape index (κ2) is 5.91. The van der Waals surface area contributed by atoms with Crippen molar-refractivity contribution in [2.75, 3.05) is 0 Å². The van der Waals surface area contributed by atoms with E-state index >= 15 is 0 Å². The van der Waals surface area contributed by atoms with Gasteiger partial charge >= 0.3 is 0 Å². The molecule has 0 amide bonds. The number of Topliss-reactive ketones (excluding diaryl/α,β-unsaturated/α-hetero) is 1. The van der Waals surface area contributed by atoms with Gasteiger partial charge in [0.2, 0.25) is 0 Å². The zero-order chi connectivity index (χ0) is 13.0. The molecule has 5 heteroatoms. The Morgan fingerprint density at radius 1 is 1.53 bits per heavy atom. The fraction of sp³-hybridized carbons (Fsp3) is 0.417. The molecular weight excluding hydrogens is 286 g/mol. The fourth-order valence-corrected chi connectivity index (χ4v) is 2.02. The topological polar surface area (TPSA) is 60.2 Å². The number of nitro groups is 1. The van der Waals surface area contributed by atoms with Crippen LogP contribution >= 0.6 is 15.9 Å². The third kappa shape index (κ3) is 3.63. The number of hydrogen-bond acceptors (Lipinski definition) is 3. The molecule has 1 rings (SSSR count). The van der Waals surface area contributed by atoms with Gasteiger partial charge in [0.05, 0.1) is 4.92 Å². The van der Waals surface area contributed by atoms with Gasteiger partial charge in [-0.2, -0.15) is 0 Å². The number of carbonyl (C=O) groups is 1. The van der Waals surface area contributed by atoms with Crippen molar-refractivity contribution in [1.29, 1.82) is 0 Å². The predicted octanol–water partition coefficient (Wildman–Crippen LogP) is 3.52. The average Bonchev–Trinajstić information content (AvgIpc) is 2.29. The lowest BCUT2D eigenvalue weighted by Crippen LogP contribution is -2.13. The molecule has 0 saturated carbocycles. The first kappa shape index (κ1) is 13.8. The Balaban J connectivity index is 2.98. The maximum absolute atomic E-state index is 11.5. The minimum atomic E-state index is -0.413. The van der Waals surface area contributed by atoms with Crippen LogP contribution in [0.1, 0.15) is 25.8 Å². The lowest BCUT2D eigenvalue weighted by Gasteiger charge is -2.09. The fourth-order valence-electron chi connectivity index (χ4n) is 1.67. The third-order valence-corrected chi connectivity index (χ3v) is 3.16. The van der Waals surface area contributed by atoms with Crippen molar-refractivity contribution in [3.8, 4) is 0 Å². The first-order chi connectivity index (χ1) is 7.95. The van der Waals surface area contributed by atoms with E-state index in [1.165, 1.54) is 6.07 Å². The van der Waals surface area contributed by atoms with Gasteiger partial charge < -0.3 is 0 Å². The summed E-state index contributed by atoms with van der Waals surface area (Å²) in [4.78, 5) is 22.0. The van der Waals surface area contributed by atoms with E-state index < -0.39 is 4.92 Å². The van der Waals surface area contributed by atoms with E-state index in [-0.39, 0.29) is 17.4 Å². The van der Waals surface area contributed by atoms with Crippen LogP contribution in [0.3, 0.4) is 0 Å². The molecule has 1 unspecified atom stereocenters. The molecule has 4 nitrogen and oxygen atoms in total. The molecule has 0 aliphatic rings. The second-order valence-electron chi connectivity index (χ2n) is 3.96. The van der Waals surface area contributed by atoms with Crippen LogP contribution < -0.4 is 0 Å². The molecule has 0 fully saturated rings. The summed E-state index contributed by atoms with van der Waals surface area (Å²) in [7, 11) is 0. The van der Waals surface area contributed by atoms with Crippen molar-refractivity contribution < 1.29 is 9.72 Å². The van der Waals surface area contributed by atoms with Crippen LogP contribution in [-0.4, -0.2) is 10.7 Å². The van der Waals surface area contributed by atoms with Crippen LogP contribution in [0, 0.1) is 16.0 Å². The molecule has 0 spiro atoms. The van der Waals surface area contributed by atoms with Crippen LogP contribution in [0.25, 0.3) is 0 Å². The van der Waals surface area contributed by atoms with Gasteiger partial charge in [0, 0.05) is 28.4 Å². The lowest BCUT2D eigenvalue weighted by molar-refractivity contribution is -0.385. The maximum Gasteiger partial charge on any atom is 0.273 e. The van der Waals surface area contributed by atoms with Crippen molar-refractivity contribution in [2.24, 2.45) is 5.92 Å². The first-order valence-electron chi connectivity index (χ1n) is 5.41. The molecule has 0 aromatic heterocycles. The zero-order valence-corrected chi connectivity index (χ0v) is 11.4. The maximum atomic E-state index is 11.5. The van der Waals surface area contributed by atoms with Crippen LogP contribution in [0.2, 0.25) is 0 Å². The highest BCUT2D eigenvalue weighted by molar-refractivity contribution is 9.10. The van der Waals surface area contributed by atoms with Crippen molar-refractivity contribution in [2.45, 2.75) is 26.7 Å². The number of hydrogen-bond donors (Lipinski definition) is 0. The normalized spacial score (nSPS) is 12.2. The van der Waals surface area contributed by atoms with E-state index in [0.29, 0.717) is 22.9 Å². The summed E-state index contributed by atoms with van der Waals surface area (Å²) in [5.41, 5.74) is 0.669. The van der Waals surface area contributed by atoms with E-state index in [1.807, 2.05) is 0 Å². The van der Waals surface area contributed by atoms with Crippen LogP contribution in [0.15, 0.2) is 22.7 Å². The summed E-state index contributed by atoms with van der Waals surface area (Å²) in [5.74, 6) is -0.0536. The molecule has 0 bridgehead atoms. The number of benzene rings is 1. The Bertz CT molecular complexity index is 445. The molecular formula is C12H14BrNO3. The van der Waals surface area contributed by atoms with Gasteiger partial charge in [-0.05, 0) is 12.5 Å². The standard InChI is InChI=1S/C12H14BrNO3/c1-3-12(15)8(2)6-9-4-5-10(13)7-11(9)14(16)17/h4-5,7-8H,3,6H2,1-2H3. The van der Waals surface area contributed by atoms with Gasteiger partial charge in [0.25, 0.3) is 5.69 Å². The second-order valence-corrected chi connectivity index (χ2v) is 4.87. The monoisotopic (exact) mass is 299 g/mol. The smallest absolute Gasteiger partial charge is 0.273 e. The number of carbonyl (C=O) groups excluding carboxylic acids is 1. The van der Waals surface area contributed by atoms with Gasteiger partial charge in [-0.1, -0.05) is 35.8 Å². The van der Waals surface area contributed by atoms with Crippen molar-refractivity contribution in [3.05, 3.63) is 38.3 Å². The van der Waals surface area contributed by atoms with E-state index in [1.54, 1.807) is 26.0 Å². The van der Waals surface area contributed by atoms with Gasteiger partial charge in [0.15, 0.2) is 0 Å². The van der Waals surface area contributed by atoms with Crippen LogP contribution in [0.5, 0.6) is 0 Å². The highest BCUT2D eigenvalue weighted by Crippen LogP contribution is 2.26. The summed E-state index contributed by atoms with van der Waals surface area (Å²) in [6, 6.07) is 4.92. The third-order valence-electron chi connectivity index (χ3n) is 2.67. The molecule has 0 aliphatic heterocycles. The number of ketones is 1. The zero-order valence-electron chi connectivity index (χ0n) is 9.77. The molecule has 0 N–H and O–H groups in total. The van der Waals surface area contributed by atoms with Crippen LogP contribution in [-0.2, 0) is 11.2 Å². The van der Waals surface area contributed by atoms with E-state index in [4.69, 9.17) is 0 Å². The number of nitrogens with zero attached hydrogens (tertiary/aromatic N) is 1. The van der Waals surface area contributed by atoms with E-state index in [2.05, 4.69) is 15.9 Å². The Morgan fingerprint density at radius 2 is 2.18 bits per heavy atom. The minimum absolute atomic E-state index is 0.0649. The van der Waals surface area contributed by atoms with E-state index in [0.717, 1.165) is 0 Å². The number of rotatable bonds is 5. The summed E-state index contributed by atoms with van der Waals surface area (Å²) in [6.07, 6.45) is 0.877. The predicted molar refractivity (Wildman–Crippen MR) is 69.0 cm³/mol. The van der Waals surface area contributed by atoms with Crippen LogP contribution in [0.4, 0.5) is 5.69 Å². The molecule has 92 valence electrons. The van der Waals surface area contributed by atoms with Crippen molar-refractivity contribution in [3.63, 3.8) is 0 Å². The molecule has 0 aliphatic carbocycles. The molecule has 1 aromatic rings. The largest absolute Gasteiger partial charge is 0.299 e. The lowest BCUT2D eigenvalue weighted by atomic mass is 9.95. The summed E-state index contributed by atoms with van der Waals surface area (Å²) < 4.78 is 0.669. The molecule has 1 aromatic carbocycles.